The molecule has 0 radical (unpaired) electrons. The molecule has 0 fully saturated rings. The number of benzene rings is 1. The number of carbonyl (C=O) groups is 1. The van der Waals surface area contributed by atoms with Crippen molar-refractivity contribution in [1.29, 1.82) is 0 Å². The van der Waals surface area contributed by atoms with Crippen molar-refractivity contribution in [2.24, 2.45) is 0 Å². The molecule has 1 amide bonds. The van der Waals surface area contributed by atoms with Gasteiger partial charge in [-0.05, 0) is 22.8 Å². The molecule has 0 aliphatic heterocycles. The number of halogens is 3. The second kappa shape index (κ2) is 7.73. The summed E-state index contributed by atoms with van der Waals surface area (Å²) in [5, 5.41) is 11.8. The topological polar surface area (TPSA) is 62.2 Å². The number of hydrogen-bond donors (Lipinski definition) is 2. The largest absolute Gasteiger partial charge is 0.386 e. The van der Waals surface area contributed by atoms with Crippen molar-refractivity contribution in [3.05, 3.63) is 54.4 Å². The van der Waals surface area contributed by atoms with Crippen LogP contribution in [0.1, 0.15) is 11.7 Å². The first kappa shape index (κ1) is 17.0. The molecule has 0 unspecified atom stereocenters. The summed E-state index contributed by atoms with van der Waals surface area (Å²) in [7, 11) is 0. The first-order chi connectivity index (χ1) is 11.0. The molecule has 0 aliphatic carbocycles. The first-order valence-corrected chi connectivity index (χ1v) is 6.86. The van der Waals surface area contributed by atoms with Gasteiger partial charge in [-0.15, -0.1) is 0 Å². The average molecular weight is 324 g/mol. The molecule has 2 N–H and O–H groups in total. The third kappa shape index (κ3) is 4.29. The van der Waals surface area contributed by atoms with Crippen molar-refractivity contribution in [2.45, 2.75) is 18.6 Å². The molecule has 7 heteroatoms. The van der Waals surface area contributed by atoms with E-state index in [1.807, 2.05) is 6.07 Å². The number of nitrogens with one attached hydrogen (secondary N) is 1. The summed E-state index contributed by atoms with van der Waals surface area (Å²) in [5.74, 6) is -1.61. The van der Waals surface area contributed by atoms with E-state index in [9.17, 15) is 23.1 Å². The van der Waals surface area contributed by atoms with Crippen LogP contribution in [0.2, 0.25) is 0 Å². The highest BCUT2D eigenvalue weighted by atomic mass is 19.3. The lowest BCUT2D eigenvalue weighted by molar-refractivity contribution is -0.133. The number of hydrogen-bond acceptors (Lipinski definition) is 3. The number of amides is 1. The van der Waals surface area contributed by atoms with Gasteiger partial charge in [-0.25, -0.2) is 4.39 Å². The van der Waals surface area contributed by atoms with Gasteiger partial charge in [0.1, 0.15) is 12.8 Å². The summed E-state index contributed by atoms with van der Waals surface area (Å²) < 4.78 is 37.4. The van der Waals surface area contributed by atoms with E-state index in [2.05, 4.69) is 4.98 Å². The van der Waals surface area contributed by atoms with Crippen LogP contribution in [0.15, 0.2) is 48.8 Å². The van der Waals surface area contributed by atoms with Crippen LogP contribution in [0.4, 0.5) is 13.2 Å². The maximum Gasteiger partial charge on any atom is 0.315 e. The molecule has 2 rings (SSSR count). The van der Waals surface area contributed by atoms with Crippen molar-refractivity contribution in [1.82, 2.24) is 10.3 Å². The second-order valence-electron chi connectivity index (χ2n) is 4.88. The summed E-state index contributed by atoms with van der Waals surface area (Å²) in [5.41, 5.74) is 2.01. The normalized spacial score (nSPS) is 13.6. The van der Waals surface area contributed by atoms with Gasteiger partial charge < -0.3 is 10.4 Å². The van der Waals surface area contributed by atoms with E-state index < -0.39 is 31.2 Å². The number of aromatic nitrogens is 1. The standard InChI is InChI=1S/C16H15F3N2O2/c17-8-13(21-16(23)15(18)19)14(22)11-5-3-10(4-6-11)12-2-1-7-20-9-12/h1-7,9,13-15,22H,8H2,(H,21,23)/t13-,14-/m1/s1. The summed E-state index contributed by atoms with van der Waals surface area (Å²) >= 11 is 0. The van der Waals surface area contributed by atoms with Gasteiger partial charge in [0.05, 0.1) is 6.04 Å². The molecule has 1 aromatic carbocycles. The number of rotatable bonds is 6. The van der Waals surface area contributed by atoms with Crippen LogP contribution < -0.4 is 5.32 Å². The lowest BCUT2D eigenvalue weighted by Crippen LogP contribution is -2.43. The van der Waals surface area contributed by atoms with Crippen LogP contribution in [-0.4, -0.2) is 35.1 Å². The minimum atomic E-state index is -3.26. The molecular weight excluding hydrogens is 309 g/mol. The number of nitrogens with zero attached hydrogens (tertiary/aromatic N) is 1. The molecule has 23 heavy (non-hydrogen) atoms. The molecule has 1 aromatic heterocycles. The molecule has 2 atom stereocenters. The van der Waals surface area contributed by atoms with E-state index in [0.717, 1.165) is 11.1 Å². The fraction of sp³-hybridized carbons (Fsp3) is 0.250. The number of aliphatic hydroxyl groups is 1. The third-order valence-corrected chi connectivity index (χ3v) is 3.32. The third-order valence-electron chi connectivity index (χ3n) is 3.32. The molecular formula is C16H15F3N2O2. The zero-order valence-corrected chi connectivity index (χ0v) is 12.0. The molecule has 0 saturated carbocycles. The van der Waals surface area contributed by atoms with Gasteiger partial charge in [0, 0.05) is 12.4 Å². The Morgan fingerprint density at radius 1 is 1.17 bits per heavy atom. The zero-order chi connectivity index (χ0) is 16.8. The maximum absolute atomic E-state index is 12.9. The average Bonchev–Trinajstić information content (AvgIpc) is 2.59. The molecule has 2 aromatic rings. The van der Waals surface area contributed by atoms with Crippen LogP contribution in [0.5, 0.6) is 0 Å². The van der Waals surface area contributed by atoms with E-state index in [1.165, 1.54) is 0 Å². The quantitative estimate of drug-likeness (QED) is 0.858. The van der Waals surface area contributed by atoms with E-state index in [1.54, 1.807) is 48.0 Å². The van der Waals surface area contributed by atoms with Gasteiger partial charge in [-0.2, -0.15) is 8.78 Å². The highest BCUT2D eigenvalue weighted by Crippen LogP contribution is 2.23. The molecule has 4 nitrogen and oxygen atoms in total. The Morgan fingerprint density at radius 2 is 1.87 bits per heavy atom. The Hall–Kier alpha value is -2.41. The van der Waals surface area contributed by atoms with Crippen molar-refractivity contribution >= 4 is 5.91 Å². The number of pyridine rings is 1. The Kier molecular flexibility index (Phi) is 5.70. The monoisotopic (exact) mass is 324 g/mol. The van der Waals surface area contributed by atoms with E-state index in [-0.39, 0.29) is 0 Å². The minimum absolute atomic E-state index is 0.315. The Labute approximate surface area is 131 Å². The zero-order valence-electron chi connectivity index (χ0n) is 12.0. The number of carbonyl (C=O) groups excluding carboxylic acids is 1. The molecule has 0 saturated heterocycles. The van der Waals surface area contributed by atoms with Crippen LogP contribution in [-0.2, 0) is 4.79 Å². The summed E-state index contributed by atoms with van der Waals surface area (Å²) in [4.78, 5) is 14.9. The van der Waals surface area contributed by atoms with Crippen molar-refractivity contribution in [3.8, 4) is 11.1 Å². The van der Waals surface area contributed by atoms with E-state index >= 15 is 0 Å². The van der Waals surface area contributed by atoms with Gasteiger partial charge in [-0.3, -0.25) is 9.78 Å². The Balaban J connectivity index is 2.12. The Morgan fingerprint density at radius 3 is 2.39 bits per heavy atom. The van der Waals surface area contributed by atoms with Crippen LogP contribution >= 0.6 is 0 Å². The second-order valence-corrected chi connectivity index (χ2v) is 4.88. The smallest absolute Gasteiger partial charge is 0.315 e. The first-order valence-electron chi connectivity index (χ1n) is 6.86. The fourth-order valence-electron chi connectivity index (χ4n) is 2.09. The van der Waals surface area contributed by atoms with Gasteiger partial charge in [-0.1, -0.05) is 30.3 Å². The van der Waals surface area contributed by atoms with Crippen molar-refractivity contribution in [2.75, 3.05) is 6.67 Å². The molecule has 0 bridgehead atoms. The molecule has 122 valence electrons. The van der Waals surface area contributed by atoms with Crippen LogP contribution in [0, 0.1) is 0 Å². The number of alkyl halides is 3. The summed E-state index contributed by atoms with van der Waals surface area (Å²) in [6.45, 7) is -1.16. The van der Waals surface area contributed by atoms with Crippen LogP contribution in [0.3, 0.4) is 0 Å². The van der Waals surface area contributed by atoms with Crippen molar-refractivity contribution in [3.63, 3.8) is 0 Å². The fourth-order valence-corrected chi connectivity index (χ4v) is 2.09. The predicted molar refractivity (Wildman–Crippen MR) is 78.5 cm³/mol. The van der Waals surface area contributed by atoms with Gasteiger partial charge in [0.15, 0.2) is 0 Å². The van der Waals surface area contributed by atoms with Crippen LogP contribution in [0.25, 0.3) is 11.1 Å². The lowest BCUT2D eigenvalue weighted by atomic mass is 9.99. The maximum atomic E-state index is 12.9. The lowest BCUT2D eigenvalue weighted by Gasteiger charge is -2.21. The van der Waals surface area contributed by atoms with Gasteiger partial charge in [0.25, 0.3) is 5.91 Å². The minimum Gasteiger partial charge on any atom is -0.386 e. The summed E-state index contributed by atoms with van der Waals surface area (Å²) in [6.07, 6.45) is -1.38. The van der Waals surface area contributed by atoms with Gasteiger partial charge in [0.2, 0.25) is 0 Å². The SMILES string of the molecule is O=C(N[C@H](CF)[C@H](O)c1ccc(-c2cccnc2)cc1)C(F)F. The molecule has 0 spiro atoms. The van der Waals surface area contributed by atoms with E-state index in [4.69, 9.17) is 0 Å². The molecule has 0 aliphatic rings. The Bertz CT molecular complexity index is 636. The molecule has 1 heterocycles. The highest BCUT2D eigenvalue weighted by Gasteiger charge is 2.26. The van der Waals surface area contributed by atoms with E-state index in [0.29, 0.717) is 5.56 Å². The van der Waals surface area contributed by atoms with Gasteiger partial charge >= 0.3 is 6.43 Å². The number of aliphatic hydroxyl groups excluding tert-OH is 1. The predicted octanol–water partition coefficient (Wildman–Crippen LogP) is 2.50. The highest BCUT2D eigenvalue weighted by molar-refractivity contribution is 5.79. The summed E-state index contributed by atoms with van der Waals surface area (Å²) in [6, 6.07) is 8.68. The van der Waals surface area contributed by atoms with Crippen molar-refractivity contribution < 1.29 is 23.1 Å².